The maximum absolute atomic E-state index is 12.4. The van der Waals surface area contributed by atoms with Crippen molar-refractivity contribution in [1.29, 1.82) is 0 Å². The number of nitrogens with one attached hydrogen (secondary N) is 2. The van der Waals surface area contributed by atoms with Crippen molar-refractivity contribution in [1.82, 2.24) is 4.98 Å². The van der Waals surface area contributed by atoms with Crippen LogP contribution in [0.1, 0.15) is 11.1 Å². The van der Waals surface area contributed by atoms with Crippen LogP contribution in [0.5, 0.6) is 5.75 Å². The third-order valence-electron chi connectivity index (χ3n) is 3.98. The second kappa shape index (κ2) is 8.09. The van der Waals surface area contributed by atoms with Crippen molar-refractivity contribution in [3.8, 4) is 5.75 Å². The summed E-state index contributed by atoms with van der Waals surface area (Å²) < 4.78 is 32.7. The van der Waals surface area contributed by atoms with Crippen LogP contribution in [0.2, 0.25) is 0 Å². The summed E-state index contributed by atoms with van der Waals surface area (Å²) in [4.78, 5) is 4.39. The molecule has 0 aliphatic heterocycles. The number of ether oxygens (including phenoxy) is 1. The van der Waals surface area contributed by atoms with Crippen LogP contribution >= 0.6 is 0 Å². The maximum atomic E-state index is 12.4. The van der Waals surface area contributed by atoms with Gasteiger partial charge in [0.05, 0.1) is 23.9 Å². The van der Waals surface area contributed by atoms with Gasteiger partial charge in [0.15, 0.2) is 0 Å². The Bertz CT molecular complexity index is 1020. The van der Waals surface area contributed by atoms with E-state index in [4.69, 9.17) is 4.74 Å². The largest absolute Gasteiger partial charge is 0.496 e. The molecule has 0 spiro atoms. The average molecular weight is 383 g/mol. The molecule has 1 aromatic heterocycles. The number of pyridine rings is 1. The highest BCUT2D eigenvalue weighted by Gasteiger charge is 2.14. The van der Waals surface area contributed by atoms with Crippen LogP contribution in [0.3, 0.4) is 0 Å². The quantitative estimate of drug-likeness (QED) is 0.648. The van der Waals surface area contributed by atoms with Gasteiger partial charge in [-0.05, 0) is 42.8 Å². The first kappa shape index (κ1) is 18.7. The van der Waals surface area contributed by atoms with E-state index in [-0.39, 0.29) is 10.7 Å². The smallest absolute Gasteiger partial charge is 0.263 e. The number of hydrogen-bond donors (Lipinski definition) is 2. The molecule has 0 atom stereocenters. The van der Waals surface area contributed by atoms with Crippen molar-refractivity contribution < 1.29 is 13.2 Å². The van der Waals surface area contributed by atoms with Gasteiger partial charge in [-0.3, -0.25) is 4.72 Å². The Kier molecular flexibility index (Phi) is 5.61. The third kappa shape index (κ3) is 4.77. The number of para-hydroxylation sites is 1. The maximum Gasteiger partial charge on any atom is 0.263 e. The molecule has 0 radical (unpaired) electrons. The summed E-state index contributed by atoms with van der Waals surface area (Å²) in [6, 6.07) is 17.9. The predicted octanol–water partition coefficient (Wildman–Crippen LogP) is 3.81. The van der Waals surface area contributed by atoms with Crippen LogP contribution in [-0.4, -0.2) is 20.5 Å². The van der Waals surface area contributed by atoms with Gasteiger partial charge in [-0.15, -0.1) is 0 Å². The fourth-order valence-corrected chi connectivity index (χ4v) is 3.70. The molecule has 0 saturated carbocycles. The zero-order valence-electron chi connectivity index (χ0n) is 15.1. The standard InChI is InChI=1S/C20H21N3O3S/c1-15-6-5-8-18(12-15)27(24,25)23-20-11-10-17(14-22-20)21-13-16-7-3-4-9-19(16)26-2/h3-12,14,21H,13H2,1-2H3,(H,22,23). The van der Waals surface area contributed by atoms with E-state index in [1.807, 2.05) is 37.3 Å². The molecule has 3 rings (SSSR count). The number of rotatable bonds is 7. The van der Waals surface area contributed by atoms with Crippen LogP contribution in [0, 0.1) is 6.92 Å². The minimum atomic E-state index is -3.66. The second-order valence-corrected chi connectivity index (χ2v) is 7.70. The van der Waals surface area contributed by atoms with Crippen molar-refractivity contribution in [2.75, 3.05) is 17.1 Å². The van der Waals surface area contributed by atoms with Gasteiger partial charge in [0.2, 0.25) is 0 Å². The van der Waals surface area contributed by atoms with Gasteiger partial charge in [0.1, 0.15) is 11.6 Å². The fraction of sp³-hybridized carbons (Fsp3) is 0.150. The molecule has 27 heavy (non-hydrogen) atoms. The predicted molar refractivity (Wildman–Crippen MR) is 107 cm³/mol. The molecule has 0 aliphatic rings. The number of nitrogens with zero attached hydrogens (tertiary/aromatic N) is 1. The van der Waals surface area contributed by atoms with E-state index in [1.54, 1.807) is 43.6 Å². The summed E-state index contributed by atoms with van der Waals surface area (Å²) in [5.74, 6) is 1.07. The Hall–Kier alpha value is -3.06. The molecular formula is C20H21N3O3S. The number of methoxy groups -OCH3 is 1. The lowest BCUT2D eigenvalue weighted by molar-refractivity contribution is 0.410. The zero-order chi connectivity index (χ0) is 19.3. The average Bonchev–Trinajstić information content (AvgIpc) is 2.67. The molecule has 7 heteroatoms. The highest BCUT2D eigenvalue weighted by molar-refractivity contribution is 7.92. The molecule has 140 valence electrons. The monoisotopic (exact) mass is 383 g/mol. The lowest BCUT2D eigenvalue weighted by Crippen LogP contribution is -2.14. The van der Waals surface area contributed by atoms with E-state index < -0.39 is 10.0 Å². The SMILES string of the molecule is COc1ccccc1CNc1ccc(NS(=O)(=O)c2cccc(C)c2)nc1. The van der Waals surface area contributed by atoms with Crippen molar-refractivity contribution in [3.63, 3.8) is 0 Å². The summed E-state index contributed by atoms with van der Waals surface area (Å²) in [6.07, 6.45) is 1.59. The first-order chi connectivity index (χ1) is 13.0. The van der Waals surface area contributed by atoms with Gasteiger partial charge in [-0.1, -0.05) is 30.3 Å². The number of hydrogen-bond acceptors (Lipinski definition) is 5. The summed E-state index contributed by atoms with van der Waals surface area (Å²) >= 11 is 0. The van der Waals surface area contributed by atoms with Crippen LogP contribution in [-0.2, 0) is 16.6 Å². The van der Waals surface area contributed by atoms with Gasteiger partial charge in [0, 0.05) is 12.1 Å². The van der Waals surface area contributed by atoms with Crippen LogP contribution in [0.4, 0.5) is 11.5 Å². The van der Waals surface area contributed by atoms with E-state index in [1.165, 1.54) is 0 Å². The van der Waals surface area contributed by atoms with E-state index in [0.717, 1.165) is 22.6 Å². The second-order valence-electron chi connectivity index (χ2n) is 6.02. The molecule has 2 aromatic carbocycles. The normalized spacial score (nSPS) is 11.0. The fourth-order valence-electron chi connectivity index (χ4n) is 2.58. The summed E-state index contributed by atoms with van der Waals surface area (Å²) in [7, 11) is -2.03. The molecule has 0 unspecified atom stereocenters. The van der Waals surface area contributed by atoms with E-state index >= 15 is 0 Å². The molecule has 1 heterocycles. The molecule has 0 saturated heterocycles. The third-order valence-corrected chi connectivity index (χ3v) is 5.33. The molecule has 6 nitrogen and oxygen atoms in total. The zero-order valence-corrected chi connectivity index (χ0v) is 16.0. The van der Waals surface area contributed by atoms with Crippen LogP contribution < -0.4 is 14.8 Å². The first-order valence-electron chi connectivity index (χ1n) is 8.39. The van der Waals surface area contributed by atoms with Crippen LogP contribution in [0.15, 0.2) is 71.8 Å². The molecule has 0 aliphatic carbocycles. The van der Waals surface area contributed by atoms with Crippen molar-refractivity contribution in [2.24, 2.45) is 0 Å². The topological polar surface area (TPSA) is 80.3 Å². The molecule has 0 fully saturated rings. The number of aryl methyl sites for hydroxylation is 1. The van der Waals surface area contributed by atoms with Gasteiger partial charge in [-0.2, -0.15) is 0 Å². The number of sulfonamides is 1. The minimum absolute atomic E-state index is 0.211. The summed E-state index contributed by atoms with van der Waals surface area (Å²) in [5, 5.41) is 3.25. The van der Waals surface area contributed by atoms with E-state index in [0.29, 0.717) is 6.54 Å². The van der Waals surface area contributed by atoms with Gasteiger partial charge in [0.25, 0.3) is 10.0 Å². The van der Waals surface area contributed by atoms with E-state index in [9.17, 15) is 8.42 Å². The van der Waals surface area contributed by atoms with Gasteiger partial charge >= 0.3 is 0 Å². The lowest BCUT2D eigenvalue weighted by Gasteiger charge is -2.11. The molecule has 0 bridgehead atoms. The lowest BCUT2D eigenvalue weighted by atomic mass is 10.2. The van der Waals surface area contributed by atoms with Crippen molar-refractivity contribution in [3.05, 3.63) is 78.0 Å². The Balaban J connectivity index is 1.67. The Morgan fingerprint density at radius 2 is 1.85 bits per heavy atom. The summed E-state index contributed by atoms with van der Waals surface area (Å²) in [5.41, 5.74) is 2.67. The Morgan fingerprint density at radius 1 is 1.04 bits per heavy atom. The van der Waals surface area contributed by atoms with Crippen molar-refractivity contribution >= 4 is 21.5 Å². The van der Waals surface area contributed by atoms with Crippen molar-refractivity contribution in [2.45, 2.75) is 18.4 Å². The molecule has 3 aromatic rings. The number of benzene rings is 2. The molecule has 0 amide bonds. The Labute approximate surface area is 159 Å². The highest BCUT2D eigenvalue weighted by atomic mass is 32.2. The molecular weight excluding hydrogens is 362 g/mol. The number of aromatic nitrogens is 1. The minimum Gasteiger partial charge on any atom is -0.496 e. The molecule has 2 N–H and O–H groups in total. The van der Waals surface area contributed by atoms with E-state index in [2.05, 4.69) is 15.0 Å². The first-order valence-corrected chi connectivity index (χ1v) is 9.87. The Morgan fingerprint density at radius 3 is 2.56 bits per heavy atom. The van der Waals surface area contributed by atoms with Gasteiger partial charge < -0.3 is 10.1 Å². The number of anilines is 2. The van der Waals surface area contributed by atoms with Gasteiger partial charge in [-0.25, -0.2) is 13.4 Å². The highest BCUT2D eigenvalue weighted by Crippen LogP contribution is 2.20. The summed E-state index contributed by atoms with van der Waals surface area (Å²) in [6.45, 7) is 2.42. The van der Waals surface area contributed by atoms with Crippen LogP contribution in [0.25, 0.3) is 0 Å².